The fraction of sp³-hybridized carbons (Fsp3) is 1.00. The predicted molar refractivity (Wildman–Crippen MR) is 67.0 cm³/mol. The second kappa shape index (κ2) is 5.36. The van der Waals surface area contributed by atoms with Crippen molar-refractivity contribution in [1.29, 1.82) is 0 Å². The molecule has 156 valence electrons. The lowest BCUT2D eigenvalue weighted by atomic mass is 9.51. The number of halogens is 12. The van der Waals surface area contributed by atoms with E-state index in [2.05, 4.69) is 0 Å². The van der Waals surface area contributed by atoms with Gasteiger partial charge in [0.05, 0.1) is 5.41 Å². The van der Waals surface area contributed by atoms with Crippen LogP contribution < -0.4 is 0 Å². The third-order valence-electron chi connectivity index (χ3n) is 5.59. The van der Waals surface area contributed by atoms with Crippen LogP contribution in [0, 0.1) is 10.8 Å². The third kappa shape index (κ3) is 1.91. The Morgan fingerprint density at radius 1 is 0.615 bits per heavy atom. The van der Waals surface area contributed by atoms with Gasteiger partial charge in [0.1, 0.15) is 13.3 Å². The fourth-order valence-electron chi connectivity index (χ4n) is 3.17. The quantitative estimate of drug-likeness (QED) is 0.501. The third-order valence-corrected chi connectivity index (χ3v) is 5.59. The van der Waals surface area contributed by atoms with Gasteiger partial charge in [0.25, 0.3) is 5.92 Å². The maximum atomic E-state index is 14.7. The molecule has 26 heavy (non-hydrogen) atoms. The zero-order chi connectivity index (χ0) is 21.4. The molecule has 0 heterocycles. The maximum absolute atomic E-state index is 14.7. The summed E-state index contributed by atoms with van der Waals surface area (Å²) in [4.78, 5) is 0. The van der Waals surface area contributed by atoms with Crippen LogP contribution in [0.3, 0.4) is 0 Å². The number of alkyl halides is 12. The molecule has 1 aliphatic carbocycles. The van der Waals surface area contributed by atoms with Gasteiger partial charge in [-0.05, 0) is 27.7 Å². The summed E-state index contributed by atoms with van der Waals surface area (Å²) in [6.07, 6.45) is 0. The van der Waals surface area contributed by atoms with Crippen LogP contribution in [0.5, 0.6) is 0 Å². The molecule has 2 atom stereocenters. The molecule has 2 unspecified atom stereocenters. The van der Waals surface area contributed by atoms with E-state index in [9.17, 15) is 52.7 Å². The molecular weight excluding hydrogens is 396 g/mol. The van der Waals surface area contributed by atoms with Gasteiger partial charge in [-0.25, -0.2) is 35.1 Å². The van der Waals surface area contributed by atoms with Crippen molar-refractivity contribution in [3.8, 4) is 0 Å². The second-order valence-electron chi connectivity index (χ2n) is 7.26. The molecule has 1 fully saturated rings. The highest BCUT2D eigenvalue weighted by Crippen LogP contribution is 2.75. The van der Waals surface area contributed by atoms with E-state index in [-0.39, 0.29) is 6.92 Å². The second-order valence-corrected chi connectivity index (χ2v) is 7.26. The van der Waals surface area contributed by atoms with Gasteiger partial charge in [-0.1, -0.05) is 0 Å². The summed E-state index contributed by atoms with van der Waals surface area (Å²) in [6, 6.07) is 0. The zero-order valence-electron chi connectivity index (χ0n) is 13.9. The van der Waals surface area contributed by atoms with Crippen molar-refractivity contribution in [2.24, 2.45) is 10.8 Å². The van der Waals surface area contributed by atoms with Crippen molar-refractivity contribution in [1.82, 2.24) is 0 Å². The van der Waals surface area contributed by atoms with Crippen molar-refractivity contribution < 1.29 is 52.7 Å². The summed E-state index contributed by atoms with van der Waals surface area (Å²) in [7, 11) is 0. The molecule has 0 N–H and O–H groups in total. The molecule has 0 spiro atoms. The van der Waals surface area contributed by atoms with Crippen LogP contribution in [0.25, 0.3) is 0 Å². The summed E-state index contributed by atoms with van der Waals surface area (Å²) in [5.41, 5.74) is -20.5. The first kappa shape index (κ1) is 23.2. The molecule has 0 bridgehead atoms. The van der Waals surface area contributed by atoms with Gasteiger partial charge < -0.3 is 0 Å². The largest absolute Gasteiger partial charge is 0.326 e. The smallest absolute Gasteiger partial charge is 0.250 e. The van der Waals surface area contributed by atoms with Crippen LogP contribution in [0.4, 0.5) is 52.7 Å². The van der Waals surface area contributed by atoms with E-state index in [0.717, 1.165) is 0 Å². The van der Waals surface area contributed by atoms with E-state index in [1.807, 2.05) is 0 Å². The lowest BCUT2D eigenvalue weighted by Crippen LogP contribution is -2.86. The SMILES string of the molecule is CC(CF)(CF)C(F)(F)C1(C)C(F)(F)C(C)(F)C(F)(F)C(C)(F)C1(F)F. The Balaban J connectivity index is 4.05. The van der Waals surface area contributed by atoms with Gasteiger partial charge in [0, 0.05) is 0 Å². The minimum Gasteiger partial charge on any atom is -0.250 e. The zero-order valence-corrected chi connectivity index (χ0v) is 13.9. The number of hydrogen-bond donors (Lipinski definition) is 0. The molecule has 1 aliphatic rings. The van der Waals surface area contributed by atoms with Crippen LogP contribution in [0.2, 0.25) is 0 Å². The topological polar surface area (TPSA) is 0 Å². The summed E-state index contributed by atoms with van der Waals surface area (Å²) in [6.45, 7) is -7.20. The normalized spacial score (nSPS) is 39.7. The predicted octanol–water partition coefficient (Wildman–Crippen LogP) is 5.95. The van der Waals surface area contributed by atoms with Gasteiger partial charge in [0.2, 0.25) is 11.3 Å². The highest BCUT2D eigenvalue weighted by molar-refractivity contribution is 5.31. The Morgan fingerprint density at radius 2 is 0.885 bits per heavy atom. The van der Waals surface area contributed by atoms with E-state index in [1.165, 1.54) is 0 Å². The lowest BCUT2D eigenvalue weighted by Gasteiger charge is -2.62. The number of hydrogen-bond acceptors (Lipinski definition) is 0. The molecule has 0 saturated heterocycles. The molecule has 0 aliphatic heterocycles. The van der Waals surface area contributed by atoms with Crippen molar-refractivity contribution in [3.05, 3.63) is 0 Å². The van der Waals surface area contributed by atoms with Gasteiger partial charge in [0.15, 0.2) is 5.41 Å². The summed E-state index contributed by atoms with van der Waals surface area (Å²) in [5.74, 6) is -24.6. The van der Waals surface area contributed by atoms with E-state index >= 15 is 0 Å². The molecule has 0 aromatic rings. The van der Waals surface area contributed by atoms with Gasteiger partial charge >= 0.3 is 17.8 Å². The van der Waals surface area contributed by atoms with Gasteiger partial charge in [-0.15, -0.1) is 0 Å². The van der Waals surface area contributed by atoms with Crippen LogP contribution in [-0.2, 0) is 0 Å². The van der Waals surface area contributed by atoms with Crippen LogP contribution >= 0.6 is 0 Å². The fourth-order valence-corrected chi connectivity index (χ4v) is 3.17. The average molecular weight is 412 g/mol. The standard InChI is InChI=1S/C14H16F12/c1-7(5-15,6-16)11(19,20)8(2)12(21,22)9(3,17)14(25,26)10(4,18)13(8,23)24/h5-6H2,1-4H3. The molecule has 0 aromatic heterocycles. The first-order valence-electron chi connectivity index (χ1n) is 7.13. The maximum Gasteiger partial charge on any atom is 0.326 e. The van der Waals surface area contributed by atoms with E-state index in [4.69, 9.17) is 0 Å². The molecule has 0 radical (unpaired) electrons. The molecule has 1 saturated carbocycles. The highest BCUT2D eigenvalue weighted by atomic mass is 19.3. The Kier molecular flexibility index (Phi) is 4.78. The Labute approximate surface area is 140 Å². The van der Waals surface area contributed by atoms with Crippen molar-refractivity contribution >= 4 is 0 Å². The number of rotatable bonds is 4. The monoisotopic (exact) mass is 412 g/mol. The highest BCUT2D eigenvalue weighted by Gasteiger charge is 2.98. The molecule has 12 heteroatoms. The minimum absolute atomic E-state index is 0.0533. The summed E-state index contributed by atoms with van der Waals surface area (Å²) in [5, 5.41) is 0. The van der Waals surface area contributed by atoms with E-state index < -0.39 is 80.0 Å². The average Bonchev–Trinajstić information content (AvgIpc) is 2.50. The van der Waals surface area contributed by atoms with Gasteiger partial charge in [-0.3, -0.25) is 8.78 Å². The van der Waals surface area contributed by atoms with Crippen molar-refractivity contribution in [3.63, 3.8) is 0 Å². The molecule has 0 amide bonds. The molecule has 0 nitrogen and oxygen atoms in total. The Morgan fingerprint density at radius 3 is 1.12 bits per heavy atom. The van der Waals surface area contributed by atoms with Crippen LogP contribution in [0.1, 0.15) is 27.7 Å². The first-order chi connectivity index (χ1) is 11.1. The minimum atomic E-state index is -6.30. The summed E-state index contributed by atoms with van der Waals surface area (Å²) >= 11 is 0. The molecular formula is C14H16F12. The first-order valence-corrected chi connectivity index (χ1v) is 7.13. The van der Waals surface area contributed by atoms with Crippen molar-refractivity contribution in [2.45, 2.75) is 62.7 Å². The Hall–Kier alpha value is -0.840. The van der Waals surface area contributed by atoms with Gasteiger partial charge in [-0.2, -0.15) is 8.78 Å². The van der Waals surface area contributed by atoms with Crippen LogP contribution in [0.15, 0.2) is 0 Å². The lowest BCUT2D eigenvalue weighted by molar-refractivity contribution is -0.466. The molecule has 1 rings (SSSR count). The summed E-state index contributed by atoms with van der Waals surface area (Å²) < 4.78 is 169. The Bertz CT molecular complexity index is 515. The van der Waals surface area contributed by atoms with E-state index in [0.29, 0.717) is 0 Å². The van der Waals surface area contributed by atoms with Crippen molar-refractivity contribution in [2.75, 3.05) is 13.3 Å². The molecule has 0 aromatic carbocycles. The van der Waals surface area contributed by atoms with Crippen LogP contribution in [-0.4, -0.2) is 48.4 Å². The van der Waals surface area contributed by atoms with E-state index in [1.54, 1.807) is 0 Å².